The molecule has 77 heavy (non-hydrogen) atoms. The monoisotopic (exact) mass is 1100 g/mol. The van der Waals surface area contributed by atoms with Gasteiger partial charge in [-0.05, 0) is 89.5 Å². The fraction of sp³-hybridized carbons (Fsp3) is 0.851. The Balaban J connectivity index is 5.04. The second-order valence-electron chi connectivity index (χ2n) is 23.6. The maximum absolute atomic E-state index is 13.6. The highest BCUT2D eigenvalue weighted by Gasteiger charge is 2.27. The van der Waals surface area contributed by atoms with E-state index in [1.807, 2.05) is 33.3 Å². The molecule has 0 aromatic heterocycles. The molecule has 0 radical (unpaired) electrons. The summed E-state index contributed by atoms with van der Waals surface area (Å²) >= 11 is 0. The molecule has 10 heteroatoms. The molecule has 3 atom stereocenters. The topological polar surface area (TPSA) is 114 Å². The Labute approximate surface area is 478 Å². The number of phosphoric acid groups is 1. The number of hydrogen-bond acceptors (Lipinski definition) is 7. The average Bonchev–Trinajstić information content (AvgIpc) is 3.39. The number of hydrogen-bond donors (Lipinski definition) is 1. The van der Waals surface area contributed by atoms with Gasteiger partial charge in [0.25, 0.3) is 7.82 Å². The van der Waals surface area contributed by atoms with Crippen molar-refractivity contribution in [3.63, 3.8) is 0 Å². The summed E-state index contributed by atoms with van der Waals surface area (Å²) in [6, 6.07) is -0.888. The number of quaternary nitrogens is 1. The van der Waals surface area contributed by atoms with E-state index in [0.717, 1.165) is 77.0 Å². The van der Waals surface area contributed by atoms with E-state index in [-0.39, 0.29) is 31.5 Å². The Morgan fingerprint density at radius 2 is 0.792 bits per heavy atom. The van der Waals surface area contributed by atoms with Gasteiger partial charge in [0.15, 0.2) is 0 Å². The number of carbonyl (C=O) groups excluding carboxylic acids is 2. The van der Waals surface area contributed by atoms with Gasteiger partial charge in [-0.2, -0.15) is 0 Å². The highest BCUT2D eigenvalue weighted by molar-refractivity contribution is 7.45. The number of rotatable bonds is 60. The molecule has 0 rings (SSSR count). The molecule has 0 aliphatic rings. The van der Waals surface area contributed by atoms with E-state index in [1.165, 1.54) is 205 Å². The van der Waals surface area contributed by atoms with Crippen LogP contribution in [0, 0.1) is 0 Å². The third kappa shape index (κ3) is 58.4. The fourth-order valence-electron chi connectivity index (χ4n) is 9.61. The van der Waals surface area contributed by atoms with Crippen LogP contribution in [-0.2, 0) is 27.9 Å². The van der Waals surface area contributed by atoms with Crippen LogP contribution in [0.3, 0.4) is 0 Å². The van der Waals surface area contributed by atoms with Gasteiger partial charge in [-0.15, -0.1) is 0 Å². The van der Waals surface area contributed by atoms with Crippen molar-refractivity contribution in [2.24, 2.45) is 0 Å². The summed E-state index contributed by atoms with van der Waals surface area (Å²) in [6.45, 7) is 6.83. The summed E-state index contributed by atoms with van der Waals surface area (Å²) < 4.78 is 30.3. The van der Waals surface area contributed by atoms with Gasteiger partial charge in [-0.1, -0.05) is 262 Å². The summed E-state index contributed by atoms with van der Waals surface area (Å²) in [5.41, 5.74) is 0. The minimum atomic E-state index is -4.70. The first-order valence-electron chi connectivity index (χ1n) is 32.9. The zero-order valence-electron chi connectivity index (χ0n) is 51.7. The minimum absolute atomic E-state index is 0.0219. The SMILES string of the molecule is CCCCC/C=C\C/C=C\CCCCCCCCCCCCCCCCCC(=O)NC(COP(=O)([O-])OCC[N+](C)(C)C)C(/C=C\CCCCCCCCCCC)OC(=O)CCCCCCCCC/C=C\CCCCCC. The van der Waals surface area contributed by atoms with Crippen molar-refractivity contribution >= 4 is 19.7 Å². The molecule has 452 valence electrons. The van der Waals surface area contributed by atoms with Crippen molar-refractivity contribution in [3.05, 3.63) is 48.6 Å². The molecule has 0 saturated carbocycles. The Morgan fingerprint density at radius 3 is 1.22 bits per heavy atom. The normalized spacial score (nSPS) is 13.9. The van der Waals surface area contributed by atoms with Gasteiger partial charge in [-0.3, -0.25) is 14.2 Å². The number of likely N-dealkylation sites (N-methyl/N-ethyl adjacent to an activating group) is 1. The van der Waals surface area contributed by atoms with E-state index in [4.69, 9.17) is 13.8 Å². The molecular weight excluding hydrogens is 976 g/mol. The zero-order chi connectivity index (χ0) is 56.4. The van der Waals surface area contributed by atoms with Crippen molar-refractivity contribution < 1.29 is 37.3 Å². The first-order chi connectivity index (χ1) is 37.4. The first-order valence-corrected chi connectivity index (χ1v) is 34.4. The van der Waals surface area contributed by atoms with Crippen molar-refractivity contribution in [2.45, 2.75) is 328 Å². The largest absolute Gasteiger partial charge is 0.756 e. The molecular formula is C67H127N2O7P. The van der Waals surface area contributed by atoms with Crippen molar-refractivity contribution in [1.82, 2.24) is 5.32 Å². The molecule has 0 aliphatic carbocycles. The fourth-order valence-corrected chi connectivity index (χ4v) is 10.3. The summed E-state index contributed by atoms with van der Waals surface area (Å²) in [6.07, 6.45) is 70.8. The van der Waals surface area contributed by atoms with Crippen molar-refractivity contribution in [3.8, 4) is 0 Å². The van der Waals surface area contributed by atoms with Crippen LogP contribution in [0.2, 0.25) is 0 Å². The number of nitrogens with zero attached hydrogens (tertiary/aromatic N) is 1. The van der Waals surface area contributed by atoms with E-state index in [9.17, 15) is 19.0 Å². The Morgan fingerprint density at radius 1 is 0.455 bits per heavy atom. The molecule has 0 aliphatic heterocycles. The smallest absolute Gasteiger partial charge is 0.306 e. The Kier molecular flexibility index (Phi) is 55.7. The molecule has 0 aromatic carbocycles. The number of amides is 1. The molecule has 9 nitrogen and oxygen atoms in total. The number of unbranched alkanes of at least 4 members (excludes halogenated alkanes) is 38. The van der Waals surface area contributed by atoms with Gasteiger partial charge < -0.3 is 28.5 Å². The molecule has 0 spiro atoms. The summed E-state index contributed by atoms with van der Waals surface area (Å²) in [4.78, 5) is 40.0. The number of phosphoric ester groups is 1. The second-order valence-corrected chi connectivity index (χ2v) is 25.0. The third-order valence-electron chi connectivity index (χ3n) is 14.7. The second kappa shape index (κ2) is 57.2. The third-order valence-corrected chi connectivity index (χ3v) is 15.7. The van der Waals surface area contributed by atoms with Gasteiger partial charge in [-0.25, -0.2) is 0 Å². The van der Waals surface area contributed by atoms with E-state index >= 15 is 0 Å². The quantitative estimate of drug-likeness (QED) is 0.0212. The van der Waals surface area contributed by atoms with Crippen LogP contribution in [0.5, 0.6) is 0 Å². The number of carbonyl (C=O) groups is 2. The van der Waals surface area contributed by atoms with Gasteiger partial charge in [0.05, 0.1) is 33.8 Å². The van der Waals surface area contributed by atoms with Crippen LogP contribution in [0.4, 0.5) is 0 Å². The highest BCUT2D eigenvalue weighted by Crippen LogP contribution is 2.38. The van der Waals surface area contributed by atoms with E-state index in [1.54, 1.807) is 0 Å². The number of nitrogens with one attached hydrogen (secondary N) is 1. The summed E-state index contributed by atoms with van der Waals surface area (Å²) in [5, 5.41) is 3.04. The van der Waals surface area contributed by atoms with Crippen LogP contribution in [0.1, 0.15) is 316 Å². The number of allylic oxidation sites excluding steroid dienone is 7. The molecule has 3 unspecified atom stereocenters. The maximum Gasteiger partial charge on any atom is 0.306 e. The summed E-state index contributed by atoms with van der Waals surface area (Å²) in [7, 11) is 1.19. The van der Waals surface area contributed by atoms with Crippen LogP contribution in [0.25, 0.3) is 0 Å². The number of esters is 1. The molecule has 0 fully saturated rings. The standard InChI is InChI=1S/C67H127N2O7P/c1-7-10-13-16-19-22-25-27-29-30-31-32-33-34-35-36-37-38-40-41-44-47-50-53-56-59-66(70)68-64(63-75-77(72,73)74-62-61-69(4,5)6)65(58-55-52-49-46-43-24-21-18-15-12-9-3)76-67(71)60-57-54-51-48-45-42-39-28-26-23-20-17-14-11-8-2/h19,22-23,26-27,29,55,58,64-65H,7-18,20-21,24-25,28,30-54,56-57,59-63H2,1-6H3,(H-,68,70,72,73)/b22-19-,26-23-,29-27-,58-55-. The van der Waals surface area contributed by atoms with Crippen molar-refractivity contribution in [2.75, 3.05) is 40.9 Å². The molecule has 0 saturated heterocycles. The van der Waals surface area contributed by atoms with Crippen molar-refractivity contribution in [1.29, 1.82) is 0 Å². The predicted octanol–water partition coefficient (Wildman–Crippen LogP) is 19.8. The minimum Gasteiger partial charge on any atom is -0.756 e. The predicted molar refractivity (Wildman–Crippen MR) is 330 cm³/mol. The Bertz CT molecular complexity index is 1460. The highest BCUT2D eigenvalue weighted by atomic mass is 31.2. The van der Waals surface area contributed by atoms with Gasteiger partial charge >= 0.3 is 5.97 Å². The lowest BCUT2D eigenvalue weighted by Crippen LogP contribution is -2.47. The van der Waals surface area contributed by atoms with E-state index in [2.05, 4.69) is 62.5 Å². The number of ether oxygens (including phenoxy) is 1. The van der Waals surface area contributed by atoms with Crippen LogP contribution in [-0.4, -0.2) is 69.4 Å². The van der Waals surface area contributed by atoms with Gasteiger partial charge in [0.1, 0.15) is 19.3 Å². The van der Waals surface area contributed by atoms with Gasteiger partial charge in [0, 0.05) is 12.8 Å². The first kappa shape index (κ1) is 75.0. The van der Waals surface area contributed by atoms with Crippen LogP contribution >= 0.6 is 7.82 Å². The summed E-state index contributed by atoms with van der Waals surface area (Å²) in [5.74, 6) is -0.536. The van der Waals surface area contributed by atoms with E-state index < -0.39 is 20.0 Å². The lowest BCUT2D eigenvalue weighted by atomic mass is 10.0. The zero-order valence-corrected chi connectivity index (χ0v) is 52.6. The van der Waals surface area contributed by atoms with Crippen LogP contribution in [0.15, 0.2) is 48.6 Å². The lowest BCUT2D eigenvalue weighted by molar-refractivity contribution is -0.870. The van der Waals surface area contributed by atoms with E-state index in [0.29, 0.717) is 17.4 Å². The molecule has 1 N–H and O–H groups in total. The lowest BCUT2D eigenvalue weighted by Gasteiger charge is -2.30. The molecule has 0 aromatic rings. The Hall–Kier alpha value is -2.03. The molecule has 0 heterocycles. The van der Waals surface area contributed by atoms with Crippen LogP contribution < -0.4 is 10.2 Å². The molecule has 0 bridgehead atoms. The maximum atomic E-state index is 13.6. The van der Waals surface area contributed by atoms with Gasteiger partial charge in [0.2, 0.25) is 5.91 Å². The molecule has 1 amide bonds. The average molecular weight is 1100 g/mol.